The Hall–Kier alpha value is -1.52. The molecule has 0 aliphatic rings. The number of carboxylic acid groups (broad SMARTS) is 2. The van der Waals surface area contributed by atoms with Crippen molar-refractivity contribution >= 4 is 29.3 Å². The Labute approximate surface area is 91.1 Å². The highest BCUT2D eigenvalue weighted by Gasteiger charge is 2.41. The molecule has 0 fully saturated rings. The molecule has 0 saturated heterocycles. The van der Waals surface area contributed by atoms with Gasteiger partial charge in [-0.05, 0) is 0 Å². The van der Waals surface area contributed by atoms with Crippen LogP contribution in [0.4, 0.5) is 0 Å². The largest absolute Gasteiger partial charge is 0.481 e. The Bertz CT molecular complexity index is 337. The van der Waals surface area contributed by atoms with Gasteiger partial charge in [0.2, 0.25) is 0 Å². The summed E-state index contributed by atoms with van der Waals surface area (Å²) in [6.07, 6.45) is -2.49. The van der Waals surface area contributed by atoms with E-state index in [9.17, 15) is 23.7 Å². The molecule has 0 bridgehead atoms. The first-order valence-corrected chi connectivity index (χ1v) is 4.70. The molecule has 0 rings (SSSR count). The van der Waals surface area contributed by atoms with Gasteiger partial charge < -0.3 is 19.5 Å². The van der Waals surface area contributed by atoms with Crippen molar-refractivity contribution in [1.29, 1.82) is 0 Å². The van der Waals surface area contributed by atoms with E-state index in [-0.39, 0.29) is 0 Å². The summed E-state index contributed by atoms with van der Waals surface area (Å²) in [4.78, 5) is 31.5. The van der Waals surface area contributed by atoms with Gasteiger partial charge in [-0.3, -0.25) is 14.1 Å². The number of carboxylic acids is 2. The van der Waals surface area contributed by atoms with Gasteiger partial charge in [-0.15, -0.1) is 0 Å². The van der Waals surface area contributed by atoms with Gasteiger partial charge in [-0.1, -0.05) is 0 Å². The van der Waals surface area contributed by atoms with E-state index in [4.69, 9.17) is 14.8 Å². The van der Waals surface area contributed by atoms with Crippen LogP contribution in [0.5, 0.6) is 0 Å². The van der Waals surface area contributed by atoms with E-state index in [1.54, 1.807) is 0 Å². The number of carbonyl (C=O) groups is 3. The average molecular weight is 256 g/mol. The highest BCUT2D eigenvalue weighted by Crippen LogP contribution is 2.17. The molecule has 0 aliphatic heterocycles. The number of aliphatic carboxylic acids is 2. The summed E-state index contributed by atoms with van der Waals surface area (Å²) >= 11 is -2.96. The molecule has 4 N–H and O–H groups in total. The van der Waals surface area contributed by atoms with Gasteiger partial charge in [0.25, 0.3) is 0 Å². The minimum absolute atomic E-state index is 1.24. The van der Waals surface area contributed by atoms with Crippen LogP contribution in [-0.2, 0) is 29.9 Å². The van der Waals surface area contributed by atoms with E-state index in [0.717, 1.165) is 0 Å². The summed E-state index contributed by atoms with van der Waals surface area (Å²) in [6.45, 7) is 0. The predicted octanol–water partition coefficient (Wildman–Crippen LogP) is -1.65. The molecule has 16 heavy (non-hydrogen) atoms. The Morgan fingerprint density at radius 1 is 1.19 bits per heavy atom. The average Bonchev–Trinajstić information content (AvgIpc) is 1.98. The molecular formula is C6H8O9S. The van der Waals surface area contributed by atoms with Gasteiger partial charge in [0.1, 0.15) is 0 Å². The first kappa shape index (κ1) is 14.5. The Balaban J connectivity index is 4.68. The highest BCUT2D eigenvalue weighted by atomic mass is 32.2. The second-order valence-corrected chi connectivity index (χ2v) is 3.36. The van der Waals surface area contributed by atoms with Crippen LogP contribution in [0.1, 0.15) is 12.8 Å². The lowest BCUT2D eigenvalue weighted by Crippen LogP contribution is -2.43. The smallest absolute Gasteiger partial charge is 0.360 e. The molecule has 10 heteroatoms. The minimum atomic E-state index is -2.96. The fourth-order valence-electron chi connectivity index (χ4n) is 0.812. The molecule has 0 spiro atoms. The minimum Gasteiger partial charge on any atom is -0.481 e. The van der Waals surface area contributed by atoms with Crippen molar-refractivity contribution in [3.05, 3.63) is 0 Å². The molecule has 0 amide bonds. The van der Waals surface area contributed by atoms with E-state index >= 15 is 0 Å². The maximum Gasteiger partial charge on any atom is 0.360 e. The van der Waals surface area contributed by atoms with Crippen molar-refractivity contribution in [1.82, 2.24) is 0 Å². The standard InChI is InChI=1S/C6H8O9S/c7-3(8)1-6(12,5(10)11)2-4(9)15-16(13)14/h12H,1-2H2,(H,7,8)(H,10,11)(H,13,14). The number of rotatable bonds is 6. The molecule has 2 atom stereocenters. The normalized spacial score (nSPS) is 15.9. The zero-order valence-corrected chi connectivity index (χ0v) is 8.47. The first-order valence-electron chi connectivity index (χ1n) is 3.67. The topological polar surface area (TPSA) is 158 Å². The molecule has 0 aromatic rings. The van der Waals surface area contributed by atoms with E-state index in [2.05, 4.69) is 4.18 Å². The Morgan fingerprint density at radius 2 is 1.69 bits per heavy atom. The number of carbonyl (C=O) groups excluding carboxylic acids is 1. The van der Waals surface area contributed by atoms with Crippen LogP contribution in [-0.4, -0.2) is 47.6 Å². The van der Waals surface area contributed by atoms with Crippen molar-refractivity contribution in [2.45, 2.75) is 18.4 Å². The fourth-order valence-corrected chi connectivity index (χ4v) is 1.03. The second-order valence-electron chi connectivity index (χ2n) is 2.76. The lowest BCUT2D eigenvalue weighted by atomic mass is 9.96. The monoisotopic (exact) mass is 256 g/mol. The molecule has 92 valence electrons. The van der Waals surface area contributed by atoms with Crippen molar-refractivity contribution < 1.29 is 42.6 Å². The van der Waals surface area contributed by atoms with Crippen LogP contribution in [0.3, 0.4) is 0 Å². The van der Waals surface area contributed by atoms with Crippen LogP contribution >= 0.6 is 0 Å². The van der Waals surface area contributed by atoms with Gasteiger partial charge in [0, 0.05) is 0 Å². The molecular weight excluding hydrogens is 248 g/mol. The van der Waals surface area contributed by atoms with Crippen LogP contribution in [0.25, 0.3) is 0 Å². The molecule has 0 heterocycles. The van der Waals surface area contributed by atoms with Crippen LogP contribution in [0, 0.1) is 0 Å². The molecule has 0 radical (unpaired) electrons. The number of hydrogen-bond donors (Lipinski definition) is 4. The van der Waals surface area contributed by atoms with Crippen molar-refractivity contribution in [3.63, 3.8) is 0 Å². The second kappa shape index (κ2) is 5.53. The van der Waals surface area contributed by atoms with Crippen molar-refractivity contribution in [2.24, 2.45) is 0 Å². The quantitative estimate of drug-likeness (QED) is 0.408. The first-order chi connectivity index (χ1) is 7.17. The van der Waals surface area contributed by atoms with Gasteiger partial charge in [-0.2, -0.15) is 4.21 Å². The zero-order valence-electron chi connectivity index (χ0n) is 7.65. The number of hydrogen-bond acceptors (Lipinski definition) is 6. The number of aliphatic hydroxyl groups is 1. The Kier molecular flexibility index (Phi) is 5.01. The highest BCUT2D eigenvalue weighted by molar-refractivity contribution is 7.74. The molecule has 0 aromatic heterocycles. The lowest BCUT2D eigenvalue weighted by Gasteiger charge is -2.19. The van der Waals surface area contributed by atoms with Gasteiger partial charge >= 0.3 is 29.3 Å². The molecule has 0 aliphatic carbocycles. The molecule has 0 saturated carbocycles. The van der Waals surface area contributed by atoms with E-state index in [0.29, 0.717) is 0 Å². The van der Waals surface area contributed by atoms with E-state index < -0.39 is 47.7 Å². The fraction of sp³-hybridized carbons (Fsp3) is 0.500. The maximum atomic E-state index is 10.8. The molecule has 2 unspecified atom stereocenters. The summed E-state index contributed by atoms with van der Waals surface area (Å²) < 4.78 is 21.8. The van der Waals surface area contributed by atoms with Gasteiger partial charge in [0.05, 0.1) is 12.8 Å². The predicted molar refractivity (Wildman–Crippen MR) is 46.3 cm³/mol. The van der Waals surface area contributed by atoms with Gasteiger partial charge in [-0.25, -0.2) is 4.79 Å². The Morgan fingerprint density at radius 3 is 2.00 bits per heavy atom. The van der Waals surface area contributed by atoms with Crippen molar-refractivity contribution in [3.8, 4) is 0 Å². The summed E-state index contributed by atoms with van der Waals surface area (Å²) in [5.74, 6) is -5.11. The third kappa shape index (κ3) is 4.82. The maximum absolute atomic E-state index is 10.8. The summed E-state index contributed by atoms with van der Waals surface area (Å²) in [5.41, 5.74) is -2.87. The molecule has 9 nitrogen and oxygen atoms in total. The lowest BCUT2D eigenvalue weighted by molar-refractivity contribution is -0.169. The van der Waals surface area contributed by atoms with Gasteiger partial charge in [0.15, 0.2) is 5.60 Å². The molecule has 0 aromatic carbocycles. The van der Waals surface area contributed by atoms with Crippen LogP contribution in [0.2, 0.25) is 0 Å². The zero-order chi connectivity index (χ0) is 12.9. The summed E-state index contributed by atoms with van der Waals surface area (Å²) in [6, 6.07) is 0. The van der Waals surface area contributed by atoms with Crippen LogP contribution < -0.4 is 0 Å². The summed E-state index contributed by atoms with van der Waals surface area (Å²) in [5, 5.41) is 26.1. The summed E-state index contributed by atoms with van der Waals surface area (Å²) in [7, 11) is 0. The SMILES string of the molecule is O=C(O)CC(O)(CC(=O)OS(=O)O)C(=O)O. The van der Waals surface area contributed by atoms with Crippen LogP contribution in [0.15, 0.2) is 0 Å². The third-order valence-corrected chi connectivity index (χ3v) is 1.77. The third-order valence-electron chi connectivity index (χ3n) is 1.44. The van der Waals surface area contributed by atoms with Crippen molar-refractivity contribution in [2.75, 3.05) is 0 Å². The van der Waals surface area contributed by atoms with E-state index in [1.807, 2.05) is 0 Å². The van der Waals surface area contributed by atoms with E-state index in [1.165, 1.54) is 0 Å².